The van der Waals surface area contributed by atoms with Crippen LogP contribution in [0.25, 0.3) is 10.9 Å². The molecule has 1 aromatic heterocycles. The van der Waals surface area contributed by atoms with Gasteiger partial charge in [-0.25, -0.2) is 4.79 Å². The molecule has 2 aliphatic heterocycles. The van der Waals surface area contributed by atoms with Crippen molar-refractivity contribution in [2.45, 2.75) is 93.9 Å². The largest absolute Gasteiger partial charge is 0.489 e. The number of hydrogen-bond acceptors (Lipinski definition) is 11. The van der Waals surface area contributed by atoms with Crippen LogP contribution in [-0.2, 0) is 59.4 Å². The first-order chi connectivity index (χ1) is 37.5. The molecule has 7 amide bonds. The van der Waals surface area contributed by atoms with Gasteiger partial charge < -0.3 is 62.7 Å². The molecule has 0 spiro atoms. The minimum absolute atomic E-state index is 0.0385. The molecule has 2 fully saturated rings. The van der Waals surface area contributed by atoms with Crippen molar-refractivity contribution in [3.05, 3.63) is 174 Å². The quantitative estimate of drug-likeness (QED) is 0.0598. The zero-order chi connectivity index (χ0) is 54.1. The number of aromatic nitrogens is 1. The van der Waals surface area contributed by atoms with Crippen LogP contribution in [0, 0.1) is 0 Å². The molecule has 7 atom stereocenters. The highest BCUT2D eigenvalue weighted by molar-refractivity contribution is 5.99. The van der Waals surface area contributed by atoms with Crippen molar-refractivity contribution in [1.82, 2.24) is 41.8 Å². The van der Waals surface area contributed by atoms with Crippen LogP contribution in [0.1, 0.15) is 59.5 Å². The van der Waals surface area contributed by atoms with E-state index in [-0.39, 0.29) is 51.7 Å². The van der Waals surface area contributed by atoms with Crippen LogP contribution in [0.5, 0.6) is 5.75 Å². The molecule has 0 radical (unpaired) electrons. The fraction of sp³-hybridized carbons (Fsp3) is 0.328. The van der Waals surface area contributed by atoms with E-state index >= 15 is 9.59 Å². The molecule has 2 saturated heterocycles. The number of para-hydroxylation sites is 1. The molecule has 6 aromatic rings. The van der Waals surface area contributed by atoms with E-state index in [1.54, 1.807) is 85.1 Å². The number of ether oxygens (including phenoxy) is 2. The van der Waals surface area contributed by atoms with Gasteiger partial charge in [-0.05, 0) is 71.8 Å². The summed E-state index contributed by atoms with van der Waals surface area (Å²) in [6, 6.07) is 33.6. The van der Waals surface area contributed by atoms with E-state index in [0.717, 1.165) is 16.5 Å². The Hall–Kier alpha value is -8.55. The average Bonchev–Trinajstić information content (AvgIpc) is 4.08. The minimum Gasteiger partial charge on any atom is -0.489 e. The average molecular weight is 1050 g/mol. The summed E-state index contributed by atoms with van der Waals surface area (Å²) < 4.78 is 11.8. The molecule has 5 aromatic carbocycles. The second-order valence-electron chi connectivity index (χ2n) is 19.2. The lowest BCUT2D eigenvalue weighted by atomic mass is 9.99. The van der Waals surface area contributed by atoms with Gasteiger partial charge in [-0.15, -0.1) is 0 Å². The molecule has 6 unspecified atom stereocenters. The van der Waals surface area contributed by atoms with Crippen LogP contribution in [0.2, 0.25) is 0 Å². The van der Waals surface area contributed by atoms with Crippen LogP contribution in [-0.4, -0.2) is 114 Å². The topological polar surface area (TPSA) is 281 Å². The molecule has 77 heavy (non-hydrogen) atoms. The predicted molar refractivity (Wildman–Crippen MR) is 288 cm³/mol. The first-order valence-electron chi connectivity index (χ1n) is 26.0. The Morgan fingerprint density at radius 2 is 1.17 bits per heavy atom. The Balaban J connectivity index is 1.19. The van der Waals surface area contributed by atoms with E-state index in [0.29, 0.717) is 54.0 Å². The van der Waals surface area contributed by atoms with E-state index in [9.17, 15) is 24.0 Å². The van der Waals surface area contributed by atoms with Gasteiger partial charge in [-0.2, -0.15) is 0 Å². The molecule has 3 heterocycles. The van der Waals surface area contributed by atoms with Gasteiger partial charge in [0.05, 0.1) is 6.54 Å². The third-order valence-corrected chi connectivity index (χ3v) is 13.7. The normalized spacial score (nSPS) is 21.6. The van der Waals surface area contributed by atoms with Crippen LogP contribution >= 0.6 is 0 Å². The summed E-state index contributed by atoms with van der Waals surface area (Å²) in [6.45, 7) is 0.617. The summed E-state index contributed by atoms with van der Waals surface area (Å²) in [5.74, 6) is -3.76. The summed E-state index contributed by atoms with van der Waals surface area (Å²) in [7, 11) is 0. The van der Waals surface area contributed by atoms with Gasteiger partial charge >= 0.3 is 6.09 Å². The summed E-state index contributed by atoms with van der Waals surface area (Å²) in [4.78, 5) is 107. The molecule has 402 valence electrons. The minimum atomic E-state index is -1.42. The van der Waals surface area contributed by atoms with Crippen molar-refractivity contribution in [3.63, 3.8) is 0 Å². The third kappa shape index (κ3) is 14.9. The fourth-order valence-electron chi connectivity index (χ4n) is 9.65. The van der Waals surface area contributed by atoms with Crippen LogP contribution in [0.15, 0.2) is 146 Å². The number of nitrogens with zero attached hydrogens (tertiary/aromatic N) is 1. The molecule has 19 nitrogen and oxygen atoms in total. The first kappa shape index (κ1) is 54.7. The number of fused-ring (bicyclic) bond motifs is 2. The van der Waals surface area contributed by atoms with Crippen LogP contribution in [0.4, 0.5) is 4.79 Å². The van der Waals surface area contributed by atoms with E-state index in [1.807, 2.05) is 60.7 Å². The summed E-state index contributed by atoms with van der Waals surface area (Å²) in [5.41, 5.74) is 15.7. The number of carbonyl (C=O) groups excluding carboxylic acids is 7. The van der Waals surface area contributed by atoms with Crippen molar-refractivity contribution in [2.24, 2.45) is 11.5 Å². The fourth-order valence-corrected chi connectivity index (χ4v) is 9.65. The zero-order valence-corrected chi connectivity index (χ0v) is 42.7. The molecule has 11 N–H and O–H groups in total. The van der Waals surface area contributed by atoms with Gasteiger partial charge in [0.1, 0.15) is 54.7 Å². The molecule has 0 saturated carbocycles. The maximum absolute atomic E-state index is 15.3. The number of benzene rings is 5. The number of rotatable bonds is 17. The zero-order valence-electron chi connectivity index (χ0n) is 42.7. The number of hydrogen-bond donors (Lipinski definition) is 9. The SMILES string of the molecule is NCCCCC1NC(=O)C(Cc2c[nH]c3ccccc23)NC(=O)C(c2ccccc2)NC(=O)C2C[C@@H](OC(=O)NCCN)CN2C(=O)C(Cc2ccccc2)NC(=O)C(Cc2ccc(OCc3ccccc3)cc2)NC1=O. The highest BCUT2D eigenvalue weighted by Crippen LogP contribution is 2.26. The van der Waals surface area contributed by atoms with Crippen molar-refractivity contribution < 1.29 is 43.0 Å². The summed E-state index contributed by atoms with van der Waals surface area (Å²) in [5, 5.41) is 17.9. The molecule has 2 aliphatic rings. The molecule has 8 rings (SSSR count). The van der Waals surface area contributed by atoms with E-state index in [2.05, 4.69) is 36.9 Å². The number of H-pyrrole nitrogens is 1. The Bertz CT molecular complexity index is 2960. The second kappa shape index (κ2) is 26.8. The lowest BCUT2D eigenvalue weighted by Crippen LogP contribution is -2.61. The Kier molecular flexibility index (Phi) is 19.0. The number of amides is 7. The smallest absolute Gasteiger partial charge is 0.407 e. The predicted octanol–water partition coefficient (Wildman–Crippen LogP) is 3.37. The third-order valence-electron chi connectivity index (χ3n) is 13.7. The van der Waals surface area contributed by atoms with Gasteiger partial charge in [-0.3, -0.25) is 28.8 Å². The monoisotopic (exact) mass is 1050 g/mol. The highest BCUT2D eigenvalue weighted by atomic mass is 16.6. The summed E-state index contributed by atoms with van der Waals surface area (Å²) >= 11 is 0. The second-order valence-corrected chi connectivity index (χ2v) is 19.2. The Morgan fingerprint density at radius 1 is 0.584 bits per heavy atom. The van der Waals surface area contributed by atoms with Gasteiger partial charge in [-0.1, -0.05) is 121 Å². The van der Waals surface area contributed by atoms with E-state index in [4.69, 9.17) is 20.9 Å². The maximum atomic E-state index is 15.3. The first-order valence-corrected chi connectivity index (χ1v) is 26.0. The van der Waals surface area contributed by atoms with Crippen molar-refractivity contribution in [2.75, 3.05) is 26.2 Å². The standard InChI is InChI=1S/C58H66N10O9/c59-27-13-12-22-46-52(69)64-47(30-38-23-25-42(26-24-38)76-36-39-16-6-2-7-17-39)53(70)66-49(31-37-14-4-1-5-15-37)57(74)68-35-43(77-58(75)61-29-28-60)33-50(68)55(72)67-51(40-18-8-3-9-19-40)56(73)65-48(54(71)63-46)32-41-34-62-45-21-11-10-20-44(41)45/h1-11,14-21,23-26,34,43,46-51,62H,12-13,22,27-33,35-36,59-60H2,(H,61,75)(H,63,71)(H,64,69)(H,65,73)(H,66,70)(H,67,72)/t43-,46?,47?,48?,49?,50?,51?/m1/s1. The number of nitrogens with one attached hydrogen (secondary N) is 7. The molecule has 19 heteroatoms. The van der Waals surface area contributed by atoms with Gasteiger partial charge in [0, 0.05) is 55.9 Å². The van der Waals surface area contributed by atoms with Gasteiger partial charge in [0.25, 0.3) is 0 Å². The van der Waals surface area contributed by atoms with E-state index in [1.165, 1.54) is 4.90 Å². The number of unbranched alkanes of at least 4 members (excludes halogenated alkanes) is 1. The lowest BCUT2D eigenvalue weighted by molar-refractivity contribution is -0.143. The van der Waals surface area contributed by atoms with Gasteiger partial charge in [0.2, 0.25) is 35.4 Å². The molecular weight excluding hydrogens is 981 g/mol. The Morgan fingerprint density at radius 3 is 1.87 bits per heavy atom. The molecule has 0 bridgehead atoms. The molecule has 0 aliphatic carbocycles. The Labute approximate surface area is 446 Å². The van der Waals surface area contributed by atoms with E-state index < -0.39 is 83.9 Å². The van der Waals surface area contributed by atoms with Crippen molar-refractivity contribution in [1.29, 1.82) is 0 Å². The molecular formula is C58H66N10O9. The number of alkyl carbamates (subject to hydrolysis) is 1. The lowest BCUT2D eigenvalue weighted by Gasteiger charge is -2.32. The number of nitrogens with two attached hydrogens (primary N) is 2. The highest BCUT2D eigenvalue weighted by Gasteiger charge is 2.45. The maximum Gasteiger partial charge on any atom is 0.407 e. The number of aromatic amines is 1. The van der Waals surface area contributed by atoms with Crippen molar-refractivity contribution >= 4 is 52.4 Å². The summed E-state index contributed by atoms with van der Waals surface area (Å²) in [6.07, 6.45) is 0.652. The van der Waals surface area contributed by atoms with Crippen LogP contribution < -0.4 is 48.1 Å². The van der Waals surface area contributed by atoms with Crippen molar-refractivity contribution in [3.8, 4) is 5.75 Å². The number of carbonyl (C=O) groups is 7. The van der Waals surface area contributed by atoms with Crippen LogP contribution in [0.3, 0.4) is 0 Å². The van der Waals surface area contributed by atoms with Gasteiger partial charge in [0.15, 0.2) is 0 Å².